The number of amides is 1. The monoisotopic (exact) mass is 371 g/mol. The highest BCUT2D eigenvalue weighted by Crippen LogP contribution is 2.25. The van der Waals surface area contributed by atoms with Gasteiger partial charge in [-0.05, 0) is 37.6 Å². The number of benzene rings is 2. The SMILES string of the molecule is CSc1ccccc1NC(=O)CCN(C)Cc1nc2ccccc2s1. The lowest BCUT2D eigenvalue weighted by Gasteiger charge is -2.15. The van der Waals surface area contributed by atoms with Gasteiger partial charge in [0.25, 0.3) is 0 Å². The van der Waals surface area contributed by atoms with Crippen molar-refractivity contribution in [3.05, 3.63) is 53.5 Å². The maximum Gasteiger partial charge on any atom is 0.225 e. The van der Waals surface area contributed by atoms with Crippen LogP contribution in [0.25, 0.3) is 10.2 Å². The Hall–Kier alpha value is -1.89. The number of hydrogen-bond acceptors (Lipinski definition) is 5. The number of rotatable bonds is 7. The molecule has 3 rings (SSSR count). The predicted molar refractivity (Wildman–Crippen MR) is 107 cm³/mol. The molecule has 25 heavy (non-hydrogen) atoms. The summed E-state index contributed by atoms with van der Waals surface area (Å²) in [5.74, 6) is 0.0395. The molecule has 0 saturated heterocycles. The number of aromatic nitrogens is 1. The molecule has 0 spiro atoms. The van der Waals surface area contributed by atoms with Crippen molar-refractivity contribution in [3.63, 3.8) is 0 Å². The van der Waals surface area contributed by atoms with Gasteiger partial charge in [0.05, 0.1) is 22.4 Å². The molecular weight excluding hydrogens is 350 g/mol. The van der Waals surface area contributed by atoms with Crippen LogP contribution in [-0.4, -0.2) is 35.6 Å². The number of thiazole rings is 1. The number of carbonyl (C=O) groups excluding carboxylic acids is 1. The number of nitrogens with one attached hydrogen (secondary N) is 1. The predicted octanol–water partition coefficient (Wildman–Crippen LogP) is 4.48. The average Bonchev–Trinajstić information content (AvgIpc) is 3.02. The topological polar surface area (TPSA) is 45.2 Å². The first-order valence-electron chi connectivity index (χ1n) is 8.11. The van der Waals surface area contributed by atoms with Crippen LogP contribution in [0.2, 0.25) is 0 Å². The standard InChI is InChI=1S/C19H21N3OS2/c1-22(13-19-21-15-8-4-6-10-17(15)25-19)12-11-18(23)20-14-7-3-5-9-16(14)24-2/h3-10H,11-13H2,1-2H3,(H,20,23). The molecule has 0 radical (unpaired) electrons. The number of anilines is 1. The highest BCUT2D eigenvalue weighted by atomic mass is 32.2. The Kier molecular flexibility index (Phi) is 6.07. The zero-order valence-corrected chi connectivity index (χ0v) is 16.0. The molecule has 1 amide bonds. The Labute approximate surface area is 156 Å². The van der Waals surface area contributed by atoms with Crippen LogP contribution in [0, 0.1) is 0 Å². The van der Waals surface area contributed by atoms with Gasteiger partial charge in [-0.2, -0.15) is 0 Å². The second kappa shape index (κ2) is 8.47. The third-order valence-electron chi connectivity index (χ3n) is 3.85. The maximum atomic E-state index is 12.2. The van der Waals surface area contributed by atoms with E-state index in [0.717, 1.165) is 27.7 Å². The van der Waals surface area contributed by atoms with Crippen LogP contribution in [0.3, 0.4) is 0 Å². The first-order valence-corrected chi connectivity index (χ1v) is 10.2. The van der Waals surface area contributed by atoms with Gasteiger partial charge >= 0.3 is 0 Å². The number of thioether (sulfide) groups is 1. The quantitative estimate of drug-likeness (QED) is 0.622. The molecule has 0 atom stereocenters. The Morgan fingerprint density at radius 1 is 1.20 bits per heavy atom. The fourth-order valence-corrected chi connectivity index (χ4v) is 4.15. The zero-order valence-electron chi connectivity index (χ0n) is 14.4. The Morgan fingerprint density at radius 2 is 1.96 bits per heavy atom. The fourth-order valence-electron chi connectivity index (χ4n) is 2.55. The summed E-state index contributed by atoms with van der Waals surface area (Å²) in [5, 5.41) is 4.08. The molecule has 2 aromatic carbocycles. The highest BCUT2D eigenvalue weighted by Gasteiger charge is 2.10. The van der Waals surface area contributed by atoms with E-state index in [4.69, 9.17) is 0 Å². The third-order valence-corrected chi connectivity index (χ3v) is 5.66. The summed E-state index contributed by atoms with van der Waals surface area (Å²) in [6.45, 7) is 1.46. The van der Waals surface area contributed by atoms with E-state index < -0.39 is 0 Å². The third kappa shape index (κ3) is 4.81. The van der Waals surface area contributed by atoms with Crippen molar-refractivity contribution in [2.45, 2.75) is 17.9 Å². The molecule has 0 aliphatic heterocycles. The van der Waals surface area contributed by atoms with E-state index in [1.165, 1.54) is 4.70 Å². The van der Waals surface area contributed by atoms with Crippen molar-refractivity contribution in [2.75, 3.05) is 25.2 Å². The van der Waals surface area contributed by atoms with Gasteiger partial charge in [-0.1, -0.05) is 24.3 Å². The van der Waals surface area contributed by atoms with Gasteiger partial charge in [-0.25, -0.2) is 4.98 Å². The van der Waals surface area contributed by atoms with Gasteiger partial charge in [-0.3, -0.25) is 9.69 Å². The smallest absolute Gasteiger partial charge is 0.225 e. The molecule has 0 aliphatic rings. The van der Waals surface area contributed by atoms with Gasteiger partial charge < -0.3 is 5.32 Å². The zero-order chi connectivity index (χ0) is 17.6. The van der Waals surface area contributed by atoms with E-state index in [1.807, 2.05) is 55.8 Å². The molecule has 0 unspecified atom stereocenters. The van der Waals surface area contributed by atoms with Gasteiger partial charge in [-0.15, -0.1) is 23.1 Å². The number of para-hydroxylation sites is 2. The molecule has 0 bridgehead atoms. The van der Waals surface area contributed by atoms with Gasteiger partial charge in [0, 0.05) is 17.9 Å². The highest BCUT2D eigenvalue weighted by molar-refractivity contribution is 7.98. The van der Waals surface area contributed by atoms with Crippen molar-refractivity contribution in [1.82, 2.24) is 9.88 Å². The second-order valence-electron chi connectivity index (χ2n) is 5.81. The minimum absolute atomic E-state index is 0.0395. The fraction of sp³-hybridized carbons (Fsp3) is 0.263. The minimum atomic E-state index is 0.0395. The first-order chi connectivity index (χ1) is 12.2. The van der Waals surface area contributed by atoms with Crippen molar-refractivity contribution in [3.8, 4) is 0 Å². The number of nitrogens with zero attached hydrogens (tertiary/aromatic N) is 2. The number of carbonyl (C=O) groups is 1. The van der Waals surface area contributed by atoms with Crippen molar-refractivity contribution in [1.29, 1.82) is 0 Å². The summed E-state index contributed by atoms with van der Waals surface area (Å²) in [7, 11) is 2.02. The van der Waals surface area contributed by atoms with E-state index in [0.29, 0.717) is 13.0 Å². The van der Waals surface area contributed by atoms with E-state index in [2.05, 4.69) is 21.3 Å². The van der Waals surface area contributed by atoms with E-state index in [9.17, 15) is 4.79 Å². The summed E-state index contributed by atoms with van der Waals surface area (Å²) in [6, 6.07) is 16.0. The van der Waals surface area contributed by atoms with Crippen molar-refractivity contribution >= 4 is 44.9 Å². The van der Waals surface area contributed by atoms with Crippen LogP contribution in [0.1, 0.15) is 11.4 Å². The summed E-state index contributed by atoms with van der Waals surface area (Å²) in [5.41, 5.74) is 1.93. The van der Waals surface area contributed by atoms with Gasteiger partial charge in [0.2, 0.25) is 5.91 Å². The molecule has 0 fully saturated rings. The molecule has 0 aliphatic carbocycles. The first kappa shape index (κ1) is 17.9. The summed E-state index contributed by atoms with van der Waals surface area (Å²) >= 11 is 3.34. The minimum Gasteiger partial charge on any atom is -0.325 e. The normalized spacial score (nSPS) is 11.2. The molecule has 130 valence electrons. The van der Waals surface area contributed by atoms with Crippen molar-refractivity contribution in [2.24, 2.45) is 0 Å². The van der Waals surface area contributed by atoms with Crippen LogP contribution >= 0.6 is 23.1 Å². The van der Waals surface area contributed by atoms with Crippen LogP contribution in [-0.2, 0) is 11.3 Å². The molecule has 6 heteroatoms. The lowest BCUT2D eigenvalue weighted by Crippen LogP contribution is -2.24. The Balaban J connectivity index is 1.51. The van der Waals surface area contributed by atoms with E-state index in [-0.39, 0.29) is 5.91 Å². The van der Waals surface area contributed by atoms with Crippen LogP contribution < -0.4 is 5.32 Å². The van der Waals surface area contributed by atoms with Gasteiger partial charge in [0.1, 0.15) is 5.01 Å². The largest absolute Gasteiger partial charge is 0.325 e. The molecule has 1 N–H and O–H groups in total. The lowest BCUT2D eigenvalue weighted by atomic mass is 10.3. The summed E-state index contributed by atoms with van der Waals surface area (Å²) < 4.78 is 1.21. The van der Waals surface area contributed by atoms with Crippen LogP contribution in [0.4, 0.5) is 5.69 Å². The van der Waals surface area contributed by atoms with Gasteiger partial charge in [0.15, 0.2) is 0 Å². The lowest BCUT2D eigenvalue weighted by molar-refractivity contribution is -0.116. The Bertz CT molecular complexity index is 830. The molecule has 1 heterocycles. The molecule has 3 aromatic rings. The summed E-state index contributed by atoms with van der Waals surface area (Å²) in [4.78, 5) is 20.1. The second-order valence-corrected chi connectivity index (χ2v) is 7.77. The number of fused-ring (bicyclic) bond motifs is 1. The van der Waals surface area contributed by atoms with E-state index >= 15 is 0 Å². The summed E-state index contributed by atoms with van der Waals surface area (Å²) in [6.07, 6.45) is 2.47. The molecule has 4 nitrogen and oxygen atoms in total. The maximum absolute atomic E-state index is 12.2. The Morgan fingerprint density at radius 3 is 2.76 bits per heavy atom. The number of hydrogen-bond donors (Lipinski definition) is 1. The molecular formula is C19H21N3OS2. The average molecular weight is 372 g/mol. The molecule has 1 aromatic heterocycles. The van der Waals surface area contributed by atoms with Crippen LogP contribution in [0.5, 0.6) is 0 Å². The van der Waals surface area contributed by atoms with Crippen LogP contribution in [0.15, 0.2) is 53.4 Å². The molecule has 0 saturated carbocycles. The van der Waals surface area contributed by atoms with Crippen molar-refractivity contribution < 1.29 is 4.79 Å². The van der Waals surface area contributed by atoms with E-state index in [1.54, 1.807) is 23.1 Å².